The molecule has 1 N–H and O–H groups in total. The van der Waals surface area contributed by atoms with E-state index in [0.717, 1.165) is 10.0 Å². The molecular formula is C25H23BrClN3O4. The third kappa shape index (κ3) is 4.88. The number of aliphatic hydroxyl groups is 1. The van der Waals surface area contributed by atoms with E-state index in [2.05, 4.69) is 20.9 Å². The molecule has 1 atom stereocenters. The molecule has 34 heavy (non-hydrogen) atoms. The first-order valence-electron chi connectivity index (χ1n) is 10.8. The highest BCUT2D eigenvalue weighted by Crippen LogP contribution is 2.40. The Balaban J connectivity index is 1.73. The number of amides is 1. The Morgan fingerprint density at radius 3 is 2.59 bits per heavy atom. The largest absolute Gasteiger partial charge is 0.507 e. The molecule has 1 fully saturated rings. The Morgan fingerprint density at radius 2 is 1.94 bits per heavy atom. The van der Waals surface area contributed by atoms with Crippen LogP contribution in [0.2, 0.25) is 5.02 Å². The molecule has 1 aliphatic rings. The lowest BCUT2D eigenvalue weighted by Crippen LogP contribution is -2.31. The van der Waals surface area contributed by atoms with Gasteiger partial charge >= 0.3 is 0 Å². The third-order valence-corrected chi connectivity index (χ3v) is 6.43. The van der Waals surface area contributed by atoms with E-state index in [1.165, 1.54) is 11.0 Å². The lowest BCUT2D eigenvalue weighted by atomic mass is 9.95. The molecule has 0 saturated carbocycles. The van der Waals surface area contributed by atoms with Gasteiger partial charge in [-0.1, -0.05) is 39.7 Å². The van der Waals surface area contributed by atoms with Gasteiger partial charge in [0.2, 0.25) is 0 Å². The first-order valence-corrected chi connectivity index (χ1v) is 12.0. The second kappa shape index (κ2) is 10.4. The smallest absolute Gasteiger partial charge is 0.295 e. The van der Waals surface area contributed by atoms with E-state index < -0.39 is 17.7 Å². The molecule has 2 heterocycles. The minimum absolute atomic E-state index is 0.0372. The Labute approximate surface area is 210 Å². The summed E-state index contributed by atoms with van der Waals surface area (Å²) < 4.78 is 8.24. The molecule has 9 heteroatoms. The minimum Gasteiger partial charge on any atom is -0.507 e. The predicted octanol–water partition coefficient (Wildman–Crippen LogP) is 5.21. The van der Waals surface area contributed by atoms with Crippen molar-refractivity contribution in [3.8, 4) is 5.75 Å². The van der Waals surface area contributed by atoms with Gasteiger partial charge < -0.3 is 19.3 Å². The van der Waals surface area contributed by atoms with Gasteiger partial charge in [0.1, 0.15) is 11.5 Å². The van der Waals surface area contributed by atoms with Gasteiger partial charge in [-0.05, 0) is 49.2 Å². The van der Waals surface area contributed by atoms with Crippen molar-refractivity contribution in [2.75, 3.05) is 13.2 Å². The number of imidazole rings is 1. The lowest BCUT2D eigenvalue weighted by molar-refractivity contribution is -0.139. The zero-order valence-corrected chi connectivity index (χ0v) is 20.8. The first kappa shape index (κ1) is 24.0. The summed E-state index contributed by atoms with van der Waals surface area (Å²) >= 11 is 9.73. The number of aryl methyl sites for hydroxylation is 1. The van der Waals surface area contributed by atoms with Gasteiger partial charge in [0.05, 0.1) is 29.6 Å². The molecular weight excluding hydrogens is 522 g/mol. The van der Waals surface area contributed by atoms with Crippen LogP contribution in [-0.4, -0.2) is 44.4 Å². The number of aromatic nitrogens is 2. The third-order valence-electron chi connectivity index (χ3n) is 5.61. The van der Waals surface area contributed by atoms with E-state index in [1.807, 2.05) is 42.0 Å². The highest BCUT2D eigenvalue weighted by atomic mass is 79.9. The van der Waals surface area contributed by atoms with Crippen LogP contribution in [-0.2, 0) is 16.1 Å². The molecule has 176 valence electrons. The van der Waals surface area contributed by atoms with Crippen molar-refractivity contribution in [1.82, 2.24) is 14.5 Å². The molecule has 1 amide bonds. The van der Waals surface area contributed by atoms with Gasteiger partial charge in [0, 0.05) is 35.5 Å². The van der Waals surface area contributed by atoms with Gasteiger partial charge in [-0.2, -0.15) is 0 Å². The van der Waals surface area contributed by atoms with Gasteiger partial charge in [-0.15, -0.1) is 0 Å². The standard InChI is InChI=1S/C25H23BrClN3O4/c1-2-34-20-9-6-17(14-19(20)27)23(31)21-22(16-4-7-18(26)8-5-16)30(25(33)24(21)32)12-3-11-29-13-10-28-15-29/h4-10,13-15,22,31H,2-3,11-12H2,1H3/t22-/m0/s1. The van der Waals surface area contributed by atoms with Crippen LogP contribution in [0.15, 0.2) is 71.2 Å². The van der Waals surface area contributed by atoms with E-state index in [9.17, 15) is 14.7 Å². The van der Waals surface area contributed by atoms with Gasteiger partial charge in [0.15, 0.2) is 0 Å². The number of carbonyl (C=O) groups excluding carboxylic acids is 2. The molecule has 1 aromatic heterocycles. The number of carbonyl (C=O) groups is 2. The highest BCUT2D eigenvalue weighted by Gasteiger charge is 2.45. The molecule has 0 aliphatic carbocycles. The van der Waals surface area contributed by atoms with Crippen LogP contribution in [0.3, 0.4) is 0 Å². The molecule has 0 bridgehead atoms. The predicted molar refractivity (Wildman–Crippen MR) is 133 cm³/mol. The lowest BCUT2D eigenvalue weighted by Gasteiger charge is -2.25. The molecule has 1 aliphatic heterocycles. The molecule has 2 aromatic carbocycles. The fourth-order valence-corrected chi connectivity index (χ4v) is 4.52. The van der Waals surface area contributed by atoms with Crippen molar-refractivity contribution < 1.29 is 19.4 Å². The fourth-order valence-electron chi connectivity index (χ4n) is 4.02. The van der Waals surface area contributed by atoms with E-state index in [4.69, 9.17) is 16.3 Å². The van der Waals surface area contributed by atoms with Crippen molar-refractivity contribution in [2.24, 2.45) is 0 Å². The van der Waals surface area contributed by atoms with Crippen LogP contribution in [0, 0.1) is 0 Å². The summed E-state index contributed by atoms with van der Waals surface area (Å²) in [5.41, 5.74) is 1.10. The number of rotatable bonds is 8. The summed E-state index contributed by atoms with van der Waals surface area (Å²) in [5.74, 6) is -1.16. The fraction of sp³-hybridized carbons (Fsp3) is 0.240. The van der Waals surface area contributed by atoms with Crippen LogP contribution >= 0.6 is 27.5 Å². The van der Waals surface area contributed by atoms with Crippen molar-refractivity contribution >= 4 is 45.0 Å². The number of hydrogen-bond donors (Lipinski definition) is 1. The molecule has 0 radical (unpaired) electrons. The Morgan fingerprint density at radius 1 is 1.18 bits per heavy atom. The topological polar surface area (TPSA) is 84.7 Å². The van der Waals surface area contributed by atoms with Crippen molar-refractivity contribution in [2.45, 2.75) is 25.9 Å². The van der Waals surface area contributed by atoms with Crippen molar-refractivity contribution in [1.29, 1.82) is 0 Å². The maximum atomic E-state index is 13.1. The second-order valence-electron chi connectivity index (χ2n) is 7.78. The number of likely N-dealkylation sites (tertiary alicyclic amines) is 1. The SMILES string of the molecule is CCOc1ccc(C(O)=C2C(=O)C(=O)N(CCCn3ccnc3)[C@H]2c2ccc(Br)cc2)cc1Cl. The molecule has 1 saturated heterocycles. The number of nitrogens with zero attached hydrogens (tertiary/aromatic N) is 3. The summed E-state index contributed by atoms with van der Waals surface area (Å²) in [6, 6.07) is 11.4. The maximum Gasteiger partial charge on any atom is 0.295 e. The Kier molecular flexibility index (Phi) is 7.38. The van der Waals surface area contributed by atoms with Crippen LogP contribution < -0.4 is 4.74 Å². The van der Waals surface area contributed by atoms with E-state index in [-0.39, 0.29) is 11.3 Å². The number of hydrogen-bond acceptors (Lipinski definition) is 5. The van der Waals surface area contributed by atoms with Gasteiger partial charge in [0.25, 0.3) is 11.7 Å². The zero-order chi connectivity index (χ0) is 24.2. The normalized spacial score (nSPS) is 17.4. The average molecular weight is 545 g/mol. The van der Waals surface area contributed by atoms with E-state index >= 15 is 0 Å². The van der Waals surface area contributed by atoms with Crippen LogP contribution in [0.1, 0.15) is 30.5 Å². The monoisotopic (exact) mass is 543 g/mol. The van der Waals surface area contributed by atoms with E-state index in [0.29, 0.717) is 42.5 Å². The van der Waals surface area contributed by atoms with Gasteiger partial charge in [-0.25, -0.2) is 4.98 Å². The number of benzene rings is 2. The second-order valence-corrected chi connectivity index (χ2v) is 9.10. The number of ether oxygens (including phenoxy) is 1. The highest BCUT2D eigenvalue weighted by molar-refractivity contribution is 9.10. The number of aliphatic hydroxyl groups excluding tert-OH is 1. The van der Waals surface area contributed by atoms with Crippen LogP contribution in [0.4, 0.5) is 0 Å². The molecule has 4 rings (SSSR count). The summed E-state index contributed by atoms with van der Waals surface area (Å²) in [4.78, 5) is 31.7. The molecule has 7 nitrogen and oxygen atoms in total. The first-order chi connectivity index (χ1) is 16.4. The van der Waals surface area contributed by atoms with Crippen molar-refractivity contribution in [3.05, 3.63) is 87.4 Å². The number of ketones is 1. The minimum atomic E-state index is -0.724. The van der Waals surface area contributed by atoms with Crippen LogP contribution in [0.5, 0.6) is 5.75 Å². The summed E-state index contributed by atoms with van der Waals surface area (Å²) in [6.07, 6.45) is 5.85. The Hall–Kier alpha value is -3.10. The summed E-state index contributed by atoms with van der Waals surface area (Å²) in [5, 5.41) is 11.5. The Bertz CT molecular complexity index is 1230. The summed E-state index contributed by atoms with van der Waals surface area (Å²) in [7, 11) is 0. The molecule has 0 unspecified atom stereocenters. The quantitative estimate of drug-likeness (QED) is 0.239. The molecule has 3 aromatic rings. The number of halogens is 2. The summed E-state index contributed by atoms with van der Waals surface area (Å²) in [6.45, 7) is 3.27. The average Bonchev–Trinajstić information content (AvgIpc) is 3.43. The van der Waals surface area contributed by atoms with Gasteiger partial charge in [-0.3, -0.25) is 9.59 Å². The zero-order valence-electron chi connectivity index (χ0n) is 18.4. The van der Waals surface area contributed by atoms with Crippen molar-refractivity contribution in [3.63, 3.8) is 0 Å². The number of Topliss-reactive ketones (excluding diaryl/α,β-unsaturated/α-hetero) is 1. The maximum absolute atomic E-state index is 13.1. The molecule has 0 spiro atoms. The van der Waals surface area contributed by atoms with E-state index in [1.54, 1.807) is 24.7 Å². The van der Waals surface area contributed by atoms with Crippen LogP contribution in [0.25, 0.3) is 5.76 Å².